The maximum Gasteiger partial charge on any atom is 0.143 e. The van der Waals surface area contributed by atoms with Gasteiger partial charge in [-0.15, -0.1) is 11.8 Å². The Bertz CT molecular complexity index is 361. The van der Waals surface area contributed by atoms with E-state index in [0.29, 0.717) is 23.9 Å². The molecular weight excluding hydrogens is 252 g/mol. The Morgan fingerprint density at radius 1 is 1.35 bits per heavy atom. The fourth-order valence-electron chi connectivity index (χ4n) is 1.68. The van der Waals surface area contributed by atoms with Crippen LogP contribution in [0.5, 0.6) is 0 Å². The summed E-state index contributed by atoms with van der Waals surface area (Å²) in [6, 6.07) is 7.64. The Kier molecular flexibility index (Phi) is 6.68. The van der Waals surface area contributed by atoms with E-state index < -0.39 is 0 Å². The number of Topliss-reactive ketones (excluding diaryl/α,β-unsaturated/α-hetero) is 1. The number of carbonyl (C=O) groups excluding carboxylic acids is 1. The van der Waals surface area contributed by atoms with Gasteiger partial charge in [0, 0.05) is 16.3 Å². The van der Waals surface area contributed by atoms with Crippen LogP contribution >= 0.6 is 23.4 Å². The second kappa shape index (κ2) is 7.78. The molecule has 0 spiro atoms. The largest absolute Gasteiger partial charge is 0.299 e. The Labute approximate surface area is 113 Å². The molecule has 3 heteroatoms. The van der Waals surface area contributed by atoms with Gasteiger partial charge < -0.3 is 0 Å². The van der Waals surface area contributed by atoms with Gasteiger partial charge in [-0.2, -0.15) is 0 Å². The van der Waals surface area contributed by atoms with Gasteiger partial charge in [0.05, 0.1) is 5.75 Å². The van der Waals surface area contributed by atoms with Crippen LogP contribution in [-0.4, -0.2) is 11.5 Å². The zero-order valence-electron chi connectivity index (χ0n) is 10.4. The molecule has 0 atom stereocenters. The van der Waals surface area contributed by atoms with Gasteiger partial charge in [0.2, 0.25) is 0 Å². The number of rotatable bonds is 7. The number of thioether (sulfide) groups is 1. The predicted octanol–water partition coefficient (Wildman–Crippen LogP) is 4.83. The van der Waals surface area contributed by atoms with E-state index >= 15 is 0 Å². The molecule has 1 nitrogen and oxygen atoms in total. The van der Waals surface area contributed by atoms with E-state index in [0.717, 1.165) is 22.8 Å². The Hall–Kier alpha value is -0.470. The molecule has 0 aliphatic rings. The molecule has 1 aromatic carbocycles. The van der Waals surface area contributed by atoms with Crippen LogP contribution in [0.2, 0.25) is 5.02 Å². The van der Waals surface area contributed by atoms with Crippen LogP contribution in [-0.2, 0) is 4.79 Å². The van der Waals surface area contributed by atoms with Gasteiger partial charge in [-0.3, -0.25) is 4.79 Å². The van der Waals surface area contributed by atoms with E-state index in [1.165, 1.54) is 0 Å². The van der Waals surface area contributed by atoms with Crippen molar-refractivity contribution in [2.24, 2.45) is 5.92 Å². The fourth-order valence-corrected chi connectivity index (χ4v) is 2.76. The minimum Gasteiger partial charge on any atom is -0.299 e. The second-order valence-electron chi connectivity index (χ2n) is 4.17. The van der Waals surface area contributed by atoms with Crippen LogP contribution in [0.1, 0.15) is 33.1 Å². The lowest BCUT2D eigenvalue weighted by atomic mass is 9.98. The van der Waals surface area contributed by atoms with Crippen LogP contribution in [0, 0.1) is 5.92 Å². The van der Waals surface area contributed by atoms with Crippen molar-refractivity contribution >= 4 is 29.1 Å². The molecule has 17 heavy (non-hydrogen) atoms. The highest BCUT2D eigenvalue weighted by Crippen LogP contribution is 2.23. The van der Waals surface area contributed by atoms with Crippen molar-refractivity contribution in [1.82, 2.24) is 0 Å². The molecular formula is C14H19ClOS. The normalized spacial score (nSPS) is 10.8. The molecule has 0 saturated heterocycles. The molecule has 0 saturated carbocycles. The van der Waals surface area contributed by atoms with Gasteiger partial charge in [0.1, 0.15) is 5.78 Å². The number of benzene rings is 1. The molecule has 0 unspecified atom stereocenters. The maximum atomic E-state index is 11.8. The third-order valence-corrected chi connectivity index (χ3v) is 4.16. The first-order valence-electron chi connectivity index (χ1n) is 6.05. The van der Waals surface area contributed by atoms with E-state index in [-0.39, 0.29) is 0 Å². The first-order chi connectivity index (χ1) is 8.15. The highest BCUT2D eigenvalue weighted by atomic mass is 35.5. The Morgan fingerprint density at radius 3 is 2.65 bits per heavy atom. The average molecular weight is 271 g/mol. The highest BCUT2D eigenvalue weighted by Gasteiger charge is 2.10. The van der Waals surface area contributed by atoms with Crippen molar-refractivity contribution in [3.8, 4) is 0 Å². The van der Waals surface area contributed by atoms with E-state index in [1.807, 2.05) is 24.3 Å². The van der Waals surface area contributed by atoms with Gasteiger partial charge in [-0.25, -0.2) is 0 Å². The van der Waals surface area contributed by atoms with Gasteiger partial charge in [0.25, 0.3) is 0 Å². The Morgan fingerprint density at radius 2 is 2.06 bits per heavy atom. The number of halogens is 1. The number of carbonyl (C=O) groups is 1. The molecule has 94 valence electrons. The molecule has 0 fully saturated rings. The minimum atomic E-state index is 0.337. The summed E-state index contributed by atoms with van der Waals surface area (Å²) >= 11 is 7.46. The van der Waals surface area contributed by atoms with Crippen molar-refractivity contribution in [1.29, 1.82) is 0 Å². The zero-order valence-corrected chi connectivity index (χ0v) is 12.0. The van der Waals surface area contributed by atoms with Gasteiger partial charge in [-0.1, -0.05) is 44.4 Å². The molecule has 0 radical (unpaired) electrons. The smallest absolute Gasteiger partial charge is 0.143 e. The van der Waals surface area contributed by atoms with E-state index in [9.17, 15) is 4.79 Å². The van der Waals surface area contributed by atoms with Gasteiger partial charge in [0.15, 0.2) is 0 Å². The summed E-state index contributed by atoms with van der Waals surface area (Å²) in [7, 11) is 0. The monoisotopic (exact) mass is 270 g/mol. The minimum absolute atomic E-state index is 0.337. The van der Waals surface area contributed by atoms with Crippen molar-refractivity contribution in [2.75, 3.05) is 5.75 Å². The maximum absolute atomic E-state index is 11.8. The molecule has 1 rings (SSSR count). The van der Waals surface area contributed by atoms with Crippen LogP contribution in [0.15, 0.2) is 29.2 Å². The van der Waals surface area contributed by atoms with Gasteiger partial charge >= 0.3 is 0 Å². The second-order valence-corrected chi connectivity index (χ2v) is 5.66. The third kappa shape index (κ3) is 5.60. The van der Waals surface area contributed by atoms with E-state index in [4.69, 9.17) is 11.6 Å². The summed E-state index contributed by atoms with van der Waals surface area (Å²) in [5.41, 5.74) is 0. The lowest BCUT2D eigenvalue weighted by Crippen LogP contribution is -2.09. The zero-order chi connectivity index (χ0) is 12.7. The van der Waals surface area contributed by atoms with E-state index in [1.54, 1.807) is 11.8 Å². The molecule has 0 heterocycles. The molecule has 0 aliphatic carbocycles. The summed E-state index contributed by atoms with van der Waals surface area (Å²) in [6.45, 7) is 4.29. The molecule has 0 N–H and O–H groups in total. The molecule has 0 amide bonds. The first-order valence-corrected chi connectivity index (χ1v) is 7.42. The quantitative estimate of drug-likeness (QED) is 0.660. The van der Waals surface area contributed by atoms with Crippen LogP contribution in [0.3, 0.4) is 0 Å². The SMILES string of the molecule is CCC(CC)CC(=O)CSc1cccc(Cl)c1. The summed E-state index contributed by atoms with van der Waals surface area (Å²) in [4.78, 5) is 12.8. The van der Waals surface area contributed by atoms with Crippen LogP contribution in [0.25, 0.3) is 0 Å². The lowest BCUT2D eigenvalue weighted by Gasteiger charge is -2.10. The number of hydrogen-bond donors (Lipinski definition) is 0. The molecule has 0 aromatic heterocycles. The van der Waals surface area contributed by atoms with Crippen molar-refractivity contribution in [2.45, 2.75) is 38.0 Å². The number of ketones is 1. The summed E-state index contributed by atoms with van der Waals surface area (Å²) < 4.78 is 0. The van der Waals surface area contributed by atoms with Crippen LogP contribution < -0.4 is 0 Å². The summed E-state index contributed by atoms with van der Waals surface area (Å²) in [6.07, 6.45) is 2.88. The standard InChI is InChI=1S/C14H19ClOS/c1-3-11(4-2)8-13(16)10-17-14-7-5-6-12(15)9-14/h5-7,9,11H,3-4,8,10H2,1-2H3. The van der Waals surface area contributed by atoms with E-state index in [2.05, 4.69) is 13.8 Å². The predicted molar refractivity (Wildman–Crippen MR) is 75.9 cm³/mol. The average Bonchev–Trinajstić information content (AvgIpc) is 2.33. The molecule has 0 bridgehead atoms. The molecule has 1 aromatic rings. The van der Waals surface area contributed by atoms with Gasteiger partial charge in [-0.05, 0) is 24.1 Å². The molecule has 0 aliphatic heterocycles. The van der Waals surface area contributed by atoms with Crippen LogP contribution in [0.4, 0.5) is 0 Å². The Balaban J connectivity index is 2.38. The first kappa shape index (κ1) is 14.6. The topological polar surface area (TPSA) is 17.1 Å². The summed E-state index contributed by atoms with van der Waals surface area (Å²) in [5.74, 6) is 1.43. The number of hydrogen-bond acceptors (Lipinski definition) is 2. The van der Waals surface area contributed by atoms with Crippen molar-refractivity contribution in [3.63, 3.8) is 0 Å². The highest BCUT2D eigenvalue weighted by molar-refractivity contribution is 8.00. The fraction of sp³-hybridized carbons (Fsp3) is 0.500. The lowest BCUT2D eigenvalue weighted by molar-refractivity contribution is -0.117. The van der Waals surface area contributed by atoms with Crippen molar-refractivity contribution < 1.29 is 4.79 Å². The third-order valence-electron chi connectivity index (χ3n) is 2.87. The summed E-state index contributed by atoms with van der Waals surface area (Å²) in [5, 5.41) is 0.724. The van der Waals surface area contributed by atoms with Crippen molar-refractivity contribution in [3.05, 3.63) is 29.3 Å².